The Morgan fingerprint density at radius 1 is 1.27 bits per heavy atom. The quantitative estimate of drug-likeness (QED) is 0.480. The Balaban J connectivity index is 1.52. The second kappa shape index (κ2) is 9.71. The van der Waals surface area contributed by atoms with Crippen LogP contribution in [0.15, 0.2) is 47.8 Å². The van der Waals surface area contributed by atoms with Crippen LogP contribution in [0.3, 0.4) is 0 Å². The molecule has 8 nitrogen and oxygen atoms in total. The van der Waals surface area contributed by atoms with Crippen molar-refractivity contribution in [1.82, 2.24) is 20.4 Å². The Labute approximate surface area is 178 Å². The summed E-state index contributed by atoms with van der Waals surface area (Å²) in [5.74, 6) is -0.240. The molecule has 3 rings (SSSR count). The van der Waals surface area contributed by atoms with Gasteiger partial charge in [-0.15, -0.1) is 11.3 Å². The van der Waals surface area contributed by atoms with Crippen LogP contribution in [0.1, 0.15) is 34.3 Å². The number of rotatable bonds is 8. The SMILES string of the molecule is C[C@@H](NC(=O)c1cccs1)C(=O)NCCCc1nn(-c2ccccc2)c(N)c1C#N. The molecular formula is C21H22N6O2S. The molecule has 30 heavy (non-hydrogen) atoms. The number of anilines is 1. The molecule has 9 heteroatoms. The molecule has 0 radical (unpaired) electrons. The summed E-state index contributed by atoms with van der Waals surface area (Å²) < 4.78 is 1.55. The normalized spacial score (nSPS) is 11.5. The average Bonchev–Trinajstić information content (AvgIpc) is 3.40. The van der Waals surface area contributed by atoms with E-state index in [4.69, 9.17) is 5.73 Å². The van der Waals surface area contributed by atoms with Gasteiger partial charge < -0.3 is 16.4 Å². The lowest BCUT2D eigenvalue weighted by molar-refractivity contribution is -0.122. The first-order chi connectivity index (χ1) is 14.5. The van der Waals surface area contributed by atoms with Crippen molar-refractivity contribution in [2.75, 3.05) is 12.3 Å². The summed E-state index contributed by atoms with van der Waals surface area (Å²) in [7, 11) is 0. The van der Waals surface area contributed by atoms with Crippen LogP contribution in [0.5, 0.6) is 0 Å². The van der Waals surface area contributed by atoms with Crippen molar-refractivity contribution in [3.63, 3.8) is 0 Å². The van der Waals surface area contributed by atoms with E-state index in [0.29, 0.717) is 41.3 Å². The van der Waals surface area contributed by atoms with E-state index < -0.39 is 6.04 Å². The van der Waals surface area contributed by atoms with E-state index in [1.807, 2.05) is 30.3 Å². The van der Waals surface area contributed by atoms with Crippen LogP contribution in [-0.4, -0.2) is 34.2 Å². The number of hydrogen-bond acceptors (Lipinski definition) is 6. The number of thiophene rings is 1. The van der Waals surface area contributed by atoms with Gasteiger partial charge in [0.05, 0.1) is 16.3 Å². The number of para-hydroxylation sites is 1. The first-order valence-electron chi connectivity index (χ1n) is 9.46. The summed E-state index contributed by atoms with van der Waals surface area (Å²) >= 11 is 1.32. The Hall–Kier alpha value is -3.64. The number of aromatic nitrogens is 2. The zero-order chi connectivity index (χ0) is 21.5. The minimum atomic E-state index is -0.651. The van der Waals surface area contributed by atoms with Crippen molar-refractivity contribution in [3.8, 4) is 11.8 Å². The van der Waals surface area contributed by atoms with Gasteiger partial charge in [0.25, 0.3) is 5.91 Å². The zero-order valence-electron chi connectivity index (χ0n) is 16.5. The summed E-state index contributed by atoms with van der Waals surface area (Å²) in [5.41, 5.74) is 7.81. The highest BCUT2D eigenvalue weighted by molar-refractivity contribution is 7.12. The van der Waals surface area contributed by atoms with Crippen LogP contribution in [0.25, 0.3) is 5.69 Å². The number of carbonyl (C=O) groups excluding carboxylic acids is 2. The van der Waals surface area contributed by atoms with Crippen molar-refractivity contribution < 1.29 is 9.59 Å². The molecule has 0 saturated heterocycles. The Bertz CT molecular complexity index is 1050. The number of nitrogen functional groups attached to an aromatic ring is 1. The van der Waals surface area contributed by atoms with Gasteiger partial charge in [-0.05, 0) is 43.3 Å². The number of nitrogens with two attached hydrogens (primary N) is 1. The number of amides is 2. The van der Waals surface area contributed by atoms with E-state index in [1.54, 1.807) is 29.1 Å². The molecule has 0 aliphatic rings. The summed E-state index contributed by atoms with van der Waals surface area (Å²) in [6.45, 7) is 2.03. The van der Waals surface area contributed by atoms with E-state index >= 15 is 0 Å². The van der Waals surface area contributed by atoms with Crippen LogP contribution in [0.4, 0.5) is 5.82 Å². The number of nitriles is 1. The van der Waals surface area contributed by atoms with Gasteiger partial charge in [0.15, 0.2) is 0 Å². The van der Waals surface area contributed by atoms with Crippen molar-refractivity contribution in [3.05, 3.63) is 64.0 Å². The van der Waals surface area contributed by atoms with Gasteiger partial charge >= 0.3 is 0 Å². The van der Waals surface area contributed by atoms with E-state index in [9.17, 15) is 14.9 Å². The largest absolute Gasteiger partial charge is 0.382 e. The predicted octanol–water partition coefficient (Wildman–Crippen LogP) is 2.25. The van der Waals surface area contributed by atoms with Crippen molar-refractivity contribution in [1.29, 1.82) is 5.26 Å². The number of carbonyl (C=O) groups is 2. The van der Waals surface area contributed by atoms with Crippen molar-refractivity contribution in [2.24, 2.45) is 0 Å². The molecule has 0 fully saturated rings. The van der Waals surface area contributed by atoms with Crippen molar-refractivity contribution in [2.45, 2.75) is 25.8 Å². The molecular weight excluding hydrogens is 400 g/mol. The molecule has 1 aromatic carbocycles. The van der Waals surface area contributed by atoms with Crippen LogP contribution in [-0.2, 0) is 11.2 Å². The Morgan fingerprint density at radius 2 is 2.03 bits per heavy atom. The first kappa shape index (κ1) is 21.1. The Morgan fingerprint density at radius 3 is 2.70 bits per heavy atom. The van der Waals surface area contributed by atoms with Gasteiger partial charge in [0.2, 0.25) is 5.91 Å². The molecule has 2 aromatic heterocycles. The number of hydrogen-bond donors (Lipinski definition) is 3. The molecule has 0 aliphatic heterocycles. The predicted molar refractivity (Wildman–Crippen MR) is 115 cm³/mol. The molecule has 0 saturated carbocycles. The third-order valence-electron chi connectivity index (χ3n) is 4.48. The highest BCUT2D eigenvalue weighted by Gasteiger charge is 2.18. The average molecular weight is 423 g/mol. The lowest BCUT2D eigenvalue weighted by Gasteiger charge is -2.13. The maximum Gasteiger partial charge on any atom is 0.261 e. The van der Waals surface area contributed by atoms with Gasteiger partial charge in [0, 0.05) is 6.54 Å². The molecule has 0 spiro atoms. The molecule has 3 aromatic rings. The lowest BCUT2D eigenvalue weighted by atomic mass is 10.1. The maximum atomic E-state index is 12.2. The fourth-order valence-electron chi connectivity index (χ4n) is 2.90. The summed E-state index contributed by atoms with van der Waals surface area (Å²) in [4.78, 5) is 24.8. The summed E-state index contributed by atoms with van der Waals surface area (Å²) in [6.07, 6.45) is 1.07. The number of nitrogens with zero attached hydrogens (tertiary/aromatic N) is 3. The minimum absolute atomic E-state index is 0.269. The van der Waals surface area contributed by atoms with Gasteiger partial charge in [-0.3, -0.25) is 9.59 Å². The first-order valence-corrected chi connectivity index (χ1v) is 10.3. The number of aryl methyl sites for hydroxylation is 1. The summed E-state index contributed by atoms with van der Waals surface area (Å²) in [6, 6.07) is 14.3. The number of benzene rings is 1. The van der Waals surface area contributed by atoms with Crippen molar-refractivity contribution >= 4 is 29.0 Å². The van der Waals surface area contributed by atoms with Gasteiger partial charge in [-0.2, -0.15) is 10.4 Å². The van der Waals surface area contributed by atoms with Gasteiger partial charge in [-0.25, -0.2) is 4.68 Å². The molecule has 4 N–H and O–H groups in total. The van der Waals surface area contributed by atoms with E-state index in [-0.39, 0.29) is 11.8 Å². The van der Waals surface area contributed by atoms with Gasteiger partial charge in [-0.1, -0.05) is 24.3 Å². The highest BCUT2D eigenvalue weighted by Crippen LogP contribution is 2.21. The maximum absolute atomic E-state index is 12.2. The van der Waals surface area contributed by atoms with Crippen LogP contribution in [0, 0.1) is 11.3 Å². The fourth-order valence-corrected chi connectivity index (χ4v) is 3.53. The molecule has 2 amide bonds. The smallest absolute Gasteiger partial charge is 0.261 e. The standard InChI is InChI=1S/C21H22N6O2S/c1-14(25-21(29)18-10-6-12-30-18)20(28)24-11-5-9-17-16(13-22)19(23)27(26-17)15-7-3-2-4-8-15/h2-4,6-8,10,12,14H,5,9,11,23H2,1H3,(H,24,28)(H,25,29)/t14-/m1/s1. The second-order valence-corrected chi connectivity index (χ2v) is 7.58. The topological polar surface area (TPSA) is 126 Å². The Kier molecular flexibility index (Phi) is 6.83. The number of nitrogens with one attached hydrogen (secondary N) is 2. The monoisotopic (exact) mass is 422 g/mol. The lowest BCUT2D eigenvalue weighted by Crippen LogP contribution is -2.44. The third-order valence-corrected chi connectivity index (χ3v) is 5.35. The molecule has 0 unspecified atom stereocenters. The molecule has 0 aliphatic carbocycles. The van der Waals surface area contributed by atoms with Crippen LogP contribution < -0.4 is 16.4 Å². The fraction of sp³-hybridized carbons (Fsp3) is 0.238. The molecule has 0 bridgehead atoms. The minimum Gasteiger partial charge on any atom is -0.382 e. The summed E-state index contributed by atoms with van der Waals surface area (Å²) in [5, 5.41) is 21.2. The molecule has 1 atom stereocenters. The highest BCUT2D eigenvalue weighted by atomic mass is 32.1. The second-order valence-electron chi connectivity index (χ2n) is 6.63. The molecule has 2 heterocycles. The van der Waals surface area contributed by atoms with E-state index in [1.165, 1.54) is 11.3 Å². The molecule has 154 valence electrons. The van der Waals surface area contributed by atoms with Gasteiger partial charge in [0.1, 0.15) is 23.5 Å². The third kappa shape index (κ3) is 4.85. The van der Waals surface area contributed by atoms with E-state index in [0.717, 1.165) is 5.69 Å². The van der Waals surface area contributed by atoms with E-state index in [2.05, 4.69) is 21.8 Å². The zero-order valence-corrected chi connectivity index (χ0v) is 17.3. The van der Waals surface area contributed by atoms with Crippen LogP contribution in [0.2, 0.25) is 0 Å². The van der Waals surface area contributed by atoms with Crippen LogP contribution >= 0.6 is 11.3 Å².